The summed E-state index contributed by atoms with van der Waals surface area (Å²) in [7, 11) is 0. The highest BCUT2D eigenvalue weighted by Crippen LogP contribution is 2.65. The van der Waals surface area contributed by atoms with E-state index in [4.69, 9.17) is 4.74 Å². The molecule has 1 spiro atoms. The molecule has 2 aliphatic heterocycles. The number of fused-ring (bicyclic) bond motifs is 6. The Morgan fingerprint density at radius 1 is 1.12 bits per heavy atom. The van der Waals surface area contributed by atoms with Gasteiger partial charge in [0.1, 0.15) is 5.78 Å². The number of carbonyl (C=O) groups is 2. The van der Waals surface area contributed by atoms with E-state index < -0.39 is 0 Å². The van der Waals surface area contributed by atoms with Crippen molar-refractivity contribution < 1.29 is 14.3 Å². The van der Waals surface area contributed by atoms with Crippen molar-refractivity contribution in [3.05, 3.63) is 11.1 Å². The molecule has 4 aliphatic carbocycles. The molecule has 2 saturated heterocycles. The minimum Gasteiger partial charge on any atom is -0.369 e. The van der Waals surface area contributed by atoms with Crippen LogP contribution in [0.5, 0.6) is 0 Å². The van der Waals surface area contributed by atoms with E-state index in [1.165, 1.54) is 25.7 Å². The van der Waals surface area contributed by atoms with Crippen LogP contribution in [0.15, 0.2) is 11.1 Å². The van der Waals surface area contributed by atoms with Crippen LogP contribution >= 0.6 is 0 Å². The van der Waals surface area contributed by atoms with Crippen molar-refractivity contribution in [3.8, 4) is 0 Å². The largest absolute Gasteiger partial charge is 0.369 e. The summed E-state index contributed by atoms with van der Waals surface area (Å²) in [5, 5.41) is 0. The summed E-state index contributed by atoms with van der Waals surface area (Å²) >= 11 is 0. The number of rotatable bonds is 0. The monoisotopic (exact) mass is 467 g/mol. The maximum Gasteiger partial charge on any atom is 0.219 e. The maximum atomic E-state index is 12.6. The quantitative estimate of drug-likeness (QED) is 0.414. The molecule has 188 valence electrons. The molecule has 6 rings (SSSR count). The van der Waals surface area contributed by atoms with Crippen LogP contribution in [0.2, 0.25) is 0 Å². The first-order valence-corrected chi connectivity index (χ1v) is 14.3. The van der Waals surface area contributed by atoms with Gasteiger partial charge in [-0.2, -0.15) is 0 Å². The van der Waals surface area contributed by atoms with Crippen LogP contribution in [0.4, 0.5) is 0 Å². The summed E-state index contributed by atoms with van der Waals surface area (Å²) in [4.78, 5) is 26.9. The smallest absolute Gasteiger partial charge is 0.219 e. The molecule has 6 aliphatic rings. The number of carbonyl (C=O) groups excluding carboxylic acids is 2. The first-order valence-electron chi connectivity index (χ1n) is 14.3. The lowest BCUT2D eigenvalue weighted by atomic mass is 9.52. The minimum atomic E-state index is -0.109. The van der Waals surface area contributed by atoms with E-state index in [2.05, 4.69) is 32.6 Å². The fraction of sp³-hybridized carbons (Fsp3) is 0.867. The molecule has 1 amide bonds. The van der Waals surface area contributed by atoms with Crippen molar-refractivity contribution in [2.75, 3.05) is 6.54 Å². The zero-order valence-electron chi connectivity index (χ0n) is 22.1. The van der Waals surface area contributed by atoms with Crippen molar-refractivity contribution in [2.24, 2.45) is 40.9 Å². The Labute approximate surface area is 206 Å². The highest BCUT2D eigenvalue weighted by molar-refractivity contribution is 5.79. The molecule has 0 aromatic carbocycles. The summed E-state index contributed by atoms with van der Waals surface area (Å²) < 4.78 is 7.06. The number of Topliss-reactive ketones (excluding diaryl/α,β-unsaturated/α-hetero) is 1. The zero-order chi connectivity index (χ0) is 24.0. The molecule has 0 N–H and O–H groups in total. The van der Waals surface area contributed by atoms with Gasteiger partial charge in [-0.3, -0.25) is 9.59 Å². The lowest BCUT2D eigenvalue weighted by Gasteiger charge is -2.52. The third-order valence-corrected chi connectivity index (χ3v) is 12.0. The van der Waals surface area contributed by atoms with Gasteiger partial charge in [0.05, 0.1) is 17.7 Å². The number of piperidine rings is 1. The number of allylic oxidation sites excluding steroid dienone is 1. The molecule has 0 aromatic rings. The lowest BCUT2D eigenvalue weighted by Crippen LogP contribution is -2.53. The summed E-state index contributed by atoms with van der Waals surface area (Å²) in [5.41, 5.74) is 3.60. The number of hydrogen-bond donors (Lipinski definition) is 0. The van der Waals surface area contributed by atoms with Crippen molar-refractivity contribution in [1.82, 2.24) is 4.90 Å². The number of hydrogen-bond acceptors (Lipinski definition) is 3. The van der Waals surface area contributed by atoms with E-state index in [0.29, 0.717) is 34.9 Å². The van der Waals surface area contributed by atoms with E-state index >= 15 is 0 Å². The Morgan fingerprint density at radius 2 is 1.91 bits per heavy atom. The van der Waals surface area contributed by atoms with Gasteiger partial charge in [0.15, 0.2) is 0 Å². The number of amides is 1. The maximum absolute atomic E-state index is 12.6. The van der Waals surface area contributed by atoms with Crippen LogP contribution in [0, 0.1) is 40.9 Å². The Balaban J connectivity index is 1.29. The van der Waals surface area contributed by atoms with Gasteiger partial charge in [-0.05, 0) is 93.3 Å². The van der Waals surface area contributed by atoms with Crippen LogP contribution in [0.25, 0.3) is 0 Å². The van der Waals surface area contributed by atoms with E-state index in [1.807, 2.05) is 0 Å². The fourth-order valence-electron chi connectivity index (χ4n) is 10.2. The number of nitrogens with zero attached hydrogens (tertiary/aromatic N) is 1. The normalized spacial score (nSPS) is 50.5. The van der Waals surface area contributed by atoms with Crippen LogP contribution in [0.3, 0.4) is 0 Å². The number of likely N-dealkylation sites (tertiary alicyclic amines) is 1. The van der Waals surface area contributed by atoms with Crippen LogP contribution in [0.1, 0.15) is 98.8 Å². The molecule has 0 bridgehead atoms. The van der Waals surface area contributed by atoms with Crippen LogP contribution < -0.4 is 0 Å². The van der Waals surface area contributed by atoms with E-state index in [1.54, 1.807) is 18.1 Å². The molecule has 0 radical (unpaired) electrons. The Kier molecular flexibility index (Phi) is 5.42. The molecule has 5 fully saturated rings. The summed E-state index contributed by atoms with van der Waals surface area (Å²) in [6, 6.07) is 0.242. The highest BCUT2D eigenvalue weighted by Gasteiger charge is 2.60. The Bertz CT molecular complexity index is 924. The SMILES string of the molecule is CC(=O)N1C[C@@H](C)C[C@H]2O[C@]3(CC[C@@H]4C(=C(C)C3)C[C@H]3[C@H]4CC[C@@H]4CC(=O)CC[C@@]43C)[C@H](C)[C@@H]21. The third-order valence-electron chi connectivity index (χ3n) is 12.0. The van der Waals surface area contributed by atoms with E-state index in [9.17, 15) is 9.59 Å². The van der Waals surface area contributed by atoms with Gasteiger partial charge in [-0.25, -0.2) is 0 Å². The predicted molar refractivity (Wildman–Crippen MR) is 133 cm³/mol. The summed E-state index contributed by atoms with van der Waals surface area (Å²) in [6.45, 7) is 12.2. The Hall–Kier alpha value is -1.16. The predicted octanol–water partition coefficient (Wildman–Crippen LogP) is 5.94. The second-order valence-electron chi connectivity index (χ2n) is 13.6. The standard InChI is InChI=1S/C30H45NO3/c1-17-12-27-28(31(16-17)20(4)32)19(3)30(34-27)11-9-23-24-7-6-21-13-22(33)8-10-29(21,5)26(24)14-25(23)18(2)15-30/h17,19,21,23-24,26-28H,6-16H2,1-5H3/t17-,19+,21+,23-,24-,26-,27+,28-,29-,30-/m0/s1. The Morgan fingerprint density at radius 3 is 2.68 bits per heavy atom. The second kappa shape index (κ2) is 7.92. The molecule has 0 aromatic heterocycles. The molecule has 4 heteroatoms. The molecule has 10 atom stereocenters. The molecule has 3 saturated carbocycles. The van der Waals surface area contributed by atoms with Gasteiger partial charge in [-0.1, -0.05) is 31.9 Å². The topological polar surface area (TPSA) is 46.6 Å². The van der Waals surface area contributed by atoms with E-state index in [0.717, 1.165) is 56.9 Å². The molecule has 4 nitrogen and oxygen atoms in total. The van der Waals surface area contributed by atoms with Crippen molar-refractivity contribution in [3.63, 3.8) is 0 Å². The van der Waals surface area contributed by atoms with E-state index in [-0.39, 0.29) is 23.7 Å². The van der Waals surface area contributed by atoms with Gasteiger partial charge in [0, 0.05) is 32.2 Å². The van der Waals surface area contributed by atoms with Gasteiger partial charge in [0.25, 0.3) is 0 Å². The van der Waals surface area contributed by atoms with Crippen LogP contribution in [-0.2, 0) is 14.3 Å². The fourth-order valence-corrected chi connectivity index (χ4v) is 10.2. The molecule has 34 heavy (non-hydrogen) atoms. The summed E-state index contributed by atoms with van der Waals surface area (Å²) in [6.07, 6.45) is 11.3. The summed E-state index contributed by atoms with van der Waals surface area (Å²) in [5.74, 6) is 4.50. The second-order valence-corrected chi connectivity index (χ2v) is 13.6. The van der Waals surface area contributed by atoms with Gasteiger partial charge >= 0.3 is 0 Å². The average Bonchev–Trinajstić information content (AvgIpc) is 3.24. The first kappa shape index (κ1) is 23.3. The van der Waals surface area contributed by atoms with Gasteiger partial charge < -0.3 is 9.64 Å². The molecular weight excluding hydrogens is 422 g/mol. The molecule has 2 heterocycles. The average molecular weight is 468 g/mol. The zero-order valence-corrected chi connectivity index (χ0v) is 22.1. The van der Waals surface area contributed by atoms with Gasteiger partial charge in [-0.15, -0.1) is 0 Å². The van der Waals surface area contributed by atoms with Crippen LogP contribution in [-0.4, -0.2) is 40.9 Å². The third kappa shape index (κ3) is 3.26. The molecular formula is C30H45NO3. The first-order chi connectivity index (χ1) is 16.1. The lowest BCUT2D eigenvalue weighted by molar-refractivity contribution is -0.137. The van der Waals surface area contributed by atoms with Gasteiger partial charge in [0.2, 0.25) is 5.91 Å². The highest BCUT2D eigenvalue weighted by atomic mass is 16.5. The van der Waals surface area contributed by atoms with Crippen molar-refractivity contribution >= 4 is 11.7 Å². The van der Waals surface area contributed by atoms with Crippen molar-refractivity contribution in [1.29, 1.82) is 0 Å². The number of ether oxygens (including phenoxy) is 1. The number of ketones is 1. The van der Waals surface area contributed by atoms with Crippen molar-refractivity contribution in [2.45, 2.75) is 117 Å². The molecule has 0 unspecified atom stereocenters. The minimum absolute atomic E-state index is 0.109.